The lowest BCUT2D eigenvalue weighted by Crippen LogP contribution is -2.04. The number of rotatable bonds is 3. The first-order valence-corrected chi connectivity index (χ1v) is 4.34. The van der Waals surface area contributed by atoms with Gasteiger partial charge in [-0.1, -0.05) is 17.7 Å². The summed E-state index contributed by atoms with van der Waals surface area (Å²) >= 11 is 5.65. The van der Waals surface area contributed by atoms with Crippen LogP contribution in [0.4, 0.5) is 0 Å². The van der Waals surface area contributed by atoms with E-state index in [-0.39, 0.29) is 5.75 Å². The summed E-state index contributed by atoms with van der Waals surface area (Å²) in [6, 6.07) is 6.24. The molecule has 0 atom stereocenters. The number of benzene rings is 1. The van der Waals surface area contributed by atoms with Gasteiger partial charge in [0.1, 0.15) is 5.75 Å². The van der Waals surface area contributed by atoms with Crippen LogP contribution in [0.1, 0.15) is 0 Å². The van der Waals surface area contributed by atoms with Gasteiger partial charge in [-0.2, -0.15) is 0 Å². The largest absolute Gasteiger partial charge is 0.478 e. The Morgan fingerprint density at radius 2 is 2.07 bits per heavy atom. The number of carboxylic acids is 1. The summed E-state index contributed by atoms with van der Waals surface area (Å²) in [4.78, 5) is 21.1. The maximum atomic E-state index is 11.0. The molecule has 0 radical (unpaired) electrons. The van der Waals surface area contributed by atoms with Crippen molar-refractivity contribution in [2.45, 2.75) is 0 Å². The van der Waals surface area contributed by atoms with Crippen LogP contribution in [0.25, 0.3) is 0 Å². The van der Waals surface area contributed by atoms with Crippen LogP contribution in [0.3, 0.4) is 0 Å². The zero-order valence-electron chi connectivity index (χ0n) is 7.51. The van der Waals surface area contributed by atoms with Crippen LogP contribution in [0, 0.1) is 0 Å². The van der Waals surface area contributed by atoms with Crippen LogP contribution in [0.5, 0.6) is 5.75 Å². The Morgan fingerprint density at radius 1 is 1.33 bits per heavy atom. The molecule has 1 aromatic rings. The molecule has 0 saturated carbocycles. The molecule has 0 heterocycles. The molecule has 0 aliphatic carbocycles. The second kappa shape index (κ2) is 5.17. The summed E-state index contributed by atoms with van der Waals surface area (Å²) in [7, 11) is 0. The maximum Gasteiger partial charge on any atom is 0.336 e. The molecule has 1 aromatic carbocycles. The van der Waals surface area contributed by atoms with Crippen LogP contribution >= 0.6 is 11.6 Å². The molecule has 0 unspecified atom stereocenters. The third-order valence-corrected chi connectivity index (χ3v) is 1.61. The molecule has 78 valence electrons. The molecule has 0 bridgehead atoms. The SMILES string of the molecule is O=C(O)/C=C\C(=O)Oc1cccc(Cl)c1. The number of carbonyl (C=O) groups excluding carboxylic acids is 1. The first-order chi connectivity index (χ1) is 7.08. The van der Waals surface area contributed by atoms with Gasteiger partial charge in [-0.15, -0.1) is 0 Å². The average molecular weight is 227 g/mol. The van der Waals surface area contributed by atoms with Crippen molar-refractivity contribution in [1.29, 1.82) is 0 Å². The lowest BCUT2D eigenvalue weighted by Gasteiger charge is -2.00. The van der Waals surface area contributed by atoms with Gasteiger partial charge in [0, 0.05) is 17.2 Å². The minimum atomic E-state index is -1.21. The molecule has 1 N–H and O–H groups in total. The van der Waals surface area contributed by atoms with Crippen LogP contribution in [0.15, 0.2) is 36.4 Å². The predicted molar refractivity (Wildman–Crippen MR) is 53.9 cm³/mol. The highest BCUT2D eigenvalue weighted by Gasteiger charge is 2.01. The van der Waals surface area contributed by atoms with Gasteiger partial charge in [-0.25, -0.2) is 9.59 Å². The first-order valence-electron chi connectivity index (χ1n) is 3.96. The third-order valence-electron chi connectivity index (χ3n) is 1.38. The minimum Gasteiger partial charge on any atom is -0.478 e. The van der Waals surface area contributed by atoms with E-state index < -0.39 is 11.9 Å². The molecule has 4 nitrogen and oxygen atoms in total. The van der Waals surface area contributed by atoms with E-state index in [1.807, 2.05) is 0 Å². The van der Waals surface area contributed by atoms with Crippen molar-refractivity contribution < 1.29 is 19.4 Å². The molecular formula is C10H7ClO4. The number of carboxylic acid groups (broad SMARTS) is 1. The fourth-order valence-electron chi connectivity index (χ4n) is 0.820. The molecule has 0 aliphatic rings. The Morgan fingerprint density at radius 3 is 2.67 bits per heavy atom. The van der Waals surface area contributed by atoms with Crippen molar-refractivity contribution in [2.75, 3.05) is 0 Å². The first kappa shape index (κ1) is 11.3. The number of hydrogen-bond acceptors (Lipinski definition) is 3. The Labute approximate surface area is 90.7 Å². The van der Waals surface area contributed by atoms with Gasteiger partial charge >= 0.3 is 11.9 Å². The summed E-state index contributed by atoms with van der Waals surface area (Å²) < 4.78 is 4.77. The molecule has 0 spiro atoms. The van der Waals surface area contributed by atoms with E-state index >= 15 is 0 Å². The Kier molecular flexibility index (Phi) is 3.88. The maximum absolute atomic E-state index is 11.0. The van der Waals surface area contributed by atoms with Crippen LogP contribution < -0.4 is 4.74 Å². The molecule has 0 aliphatic heterocycles. The van der Waals surface area contributed by atoms with E-state index in [0.29, 0.717) is 11.1 Å². The molecule has 5 heteroatoms. The van der Waals surface area contributed by atoms with Gasteiger partial charge in [-0.3, -0.25) is 0 Å². The topological polar surface area (TPSA) is 63.6 Å². The third kappa shape index (κ3) is 4.28. The van der Waals surface area contributed by atoms with Crippen molar-refractivity contribution in [3.05, 3.63) is 41.4 Å². The molecule has 0 amide bonds. The average Bonchev–Trinajstić information content (AvgIpc) is 2.15. The molecule has 0 fully saturated rings. The summed E-state index contributed by atoms with van der Waals surface area (Å²) in [5.41, 5.74) is 0. The number of ether oxygens (including phenoxy) is 1. The highest BCUT2D eigenvalue weighted by atomic mass is 35.5. The van der Waals surface area contributed by atoms with Gasteiger partial charge < -0.3 is 9.84 Å². The van der Waals surface area contributed by atoms with E-state index in [0.717, 1.165) is 6.08 Å². The van der Waals surface area contributed by atoms with Crippen LogP contribution in [0.2, 0.25) is 5.02 Å². The molecule has 0 saturated heterocycles. The zero-order valence-corrected chi connectivity index (χ0v) is 8.27. The Hall–Kier alpha value is -1.81. The number of esters is 1. The van der Waals surface area contributed by atoms with Gasteiger partial charge in [0.25, 0.3) is 0 Å². The van der Waals surface area contributed by atoms with Crippen molar-refractivity contribution in [1.82, 2.24) is 0 Å². The van der Waals surface area contributed by atoms with E-state index in [1.54, 1.807) is 18.2 Å². The van der Waals surface area contributed by atoms with Crippen molar-refractivity contribution >= 4 is 23.5 Å². The second-order valence-corrected chi connectivity index (χ2v) is 2.99. The quantitative estimate of drug-likeness (QED) is 0.486. The normalized spacial score (nSPS) is 10.2. The number of halogens is 1. The van der Waals surface area contributed by atoms with Crippen LogP contribution in [-0.2, 0) is 9.59 Å². The van der Waals surface area contributed by atoms with Crippen molar-refractivity contribution in [2.24, 2.45) is 0 Å². The predicted octanol–water partition coefficient (Wildman–Crippen LogP) is 1.89. The van der Waals surface area contributed by atoms with Crippen molar-refractivity contribution in [3.8, 4) is 5.75 Å². The van der Waals surface area contributed by atoms with Crippen molar-refractivity contribution in [3.63, 3.8) is 0 Å². The number of carbonyl (C=O) groups is 2. The fraction of sp³-hybridized carbons (Fsp3) is 0. The zero-order chi connectivity index (χ0) is 11.3. The highest BCUT2D eigenvalue weighted by molar-refractivity contribution is 6.30. The van der Waals surface area contributed by atoms with E-state index in [9.17, 15) is 9.59 Å². The van der Waals surface area contributed by atoms with E-state index in [4.69, 9.17) is 21.4 Å². The van der Waals surface area contributed by atoms with Gasteiger partial charge in [0.15, 0.2) is 0 Å². The molecule has 0 aromatic heterocycles. The number of aliphatic carboxylic acids is 1. The second-order valence-electron chi connectivity index (χ2n) is 2.55. The Bertz CT molecular complexity index is 412. The van der Waals surface area contributed by atoms with Gasteiger partial charge in [0.05, 0.1) is 0 Å². The minimum absolute atomic E-state index is 0.266. The lowest BCUT2D eigenvalue weighted by atomic mass is 10.3. The Balaban J connectivity index is 2.63. The van der Waals surface area contributed by atoms with Gasteiger partial charge in [-0.05, 0) is 18.2 Å². The highest BCUT2D eigenvalue weighted by Crippen LogP contribution is 2.17. The van der Waals surface area contributed by atoms with Gasteiger partial charge in [0.2, 0.25) is 0 Å². The summed E-state index contributed by atoms with van der Waals surface area (Å²) in [5, 5.41) is 8.69. The lowest BCUT2D eigenvalue weighted by molar-refractivity contribution is -0.133. The monoisotopic (exact) mass is 226 g/mol. The summed E-state index contributed by atoms with van der Waals surface area (Å²) in [5.74, 6) is -1.71. The molecule has 1 rings (SSSR count). The number of hydrogen-bond donors (Lipinski definition) is 1. The summed E-state index contributed by atoms with van der Waals surface area (Å²) in [6.07, 6.45) is 1.52. The standard InChI is InChI=1S/C10H7ClO4/c11-7-2-1-3-8(6-7)15-10(14)5-4-9(12)13/h1-6H,(H,12,13)/b5-4-. The molecule has 15 heavy (non-hydrogen) atoms. The molecular weight excluding hydrogens is 220 g/mol. The van der Waals surface area contributed by atoms with E-state index in [1.165, 1.54) is 6.07 Å². The van der Waals surface area contributed by atoms with E-state index in [2.05, 4.69) is 0 Å². The van der Waals surface area contributed by atoms with Crippen LogP contribution in [-0.4, -0.2) is 17.0 Å². The smallest absolute Gasteiger partial charge is 0.336 e. The fourth-order valence-corrected chi connectivity index (χ4v) is 1.00. The summed E-state index contributed by atoms with van der Waals surface area (Å²) in [6.45, 7) is 0.